The first kappa shape index (κ1) is 22.9. The van der Waals surface area contributed by atoms with Crippen molar-refractivity contribution in [3.63, 3.8) is 0 Å². The molecule has 0 aliphatic heterocycles. The number of nitrogens with zero attached hydrogens (tertiary/aromatic N) is 1. The van der Waals surface area contributed by atoms with E-state index in [2.05, 4.69) is 28.6 Å². The summed E-state index contributed by atoms with van der Waals surface area (Å²) in [4.78, 5) is 4.66. The standard InChI is InChI=1S/C22H27N3O3.HI/c1-4-23-22(24-12-11-16-9-10-18(26)21(13-16)27-3)25-15(2)20-14-17-7-5-6-8-19(17)28-20;/h5-10,13-15,26H,4,11-12H2,1-3H3,(H2,23,24,25);1H. The molecule has 0 radical (unpaired) electrons. The number of methoxy groups -OCH3 is 1. The number of ether oxygens (including phenoxy) is 1. The summed E-state index contributed by atoms with van der Waals surface area (Å²) in [6.07, 6.45) is 0.742. The quantitative estimate of drug-likeness (QED) is 0.246. The van der Waals surface area contributed by atoms with E-state index in [-0.39, 0.29) is 35.8 Å². The molecule has 1 unspecified atom stereocenters. The molecule has 0 saturated carbocycles. The number of phenols is 1. The topological polar surface area (TPSA) is 79.0 Å². The number of para-hydroxylation sites is 1. The molecule has 0 spiro atoms. The lowest BCUT2D eigenvalue weighted by molar-refractivity contribution is 0.373. The van der Waals surface area contributed by atoms with Crippen LogP contribution in [0.25, 0.3) is 11.0 Å². The molecule has 1 heterocycles. The molecule has 6 nitrogen and oxygen atoms in total. The van der Waals surface area contributed by atoms with Crippen LogP contribution in [0.1, 0.15) is 31.2 Å². The second-order valence-corrected chi connectivity index (χ2v) is 6.57. The fraction of sp³-hybridized carbons (Fsp3) is 0.318. The highest BCUT2D eigenvalue weighted by Gasteiger charge is 2.13. The maximum Gasteiger partial charge on any atom is 0.191 e. The van der Waals surface area contributed by atoms with Gasteiger partial charge in [0.2, 0.25) is 0 Å². The first-order valence-electron chi connectivity index (χ1n) is 9.50. The van der Waals surface area contributed by atoms with Crippen LogP contribution in [0, 0.1) is 0 Å². The first-order valence-corrected chi connectivity index (χ1v) is 9.50. The minimum atomic E-state index is -0.0148. The Morgan fingerprint density at radius 2 is 2.00 bits per heavy atom. The lowest BCUT2D eigenvalue weighted by Gasteiger charge is -2.16. The summed E-state index contributed by atoms with van der Waals surface area (Å²) in [5.74, 6) is 2.23. The van der Waals surface area contributed by atoms with Crippen molar-refractivity contribution in [2.45, 2.75) is 26.3 Å². The normalized spacial score (nSPS) is 12.3. The Kier molecular flexibility index (Phi) is 8.63. The zero-order valence-corrected chi connectivity index (χ0v) is 19.3. The van der Waals surface area contributed by atoms with E-state index in [1.54, 1.807) is 13.2 Å². The molecular formula is C22H28IN3O3. The summed E-state index contributed by atoms with van der Waals surface area (Å²) in [6.45, 7) is 5.46. The molecule has 7 heteroatoms. The van der Waals surface area contributed by atoms with Crippen molar-refractivity contribution in [2.24, 2.45) is 4.99 Å². The van der Waals surface area contributed by atoms with Gasteiger partial charge in [-0.15, -0.1) is 24.0 Å². The van der Waals surface area contributed by atoms with Crippen LogP contribution in [0.3, 0.4) is 0 Å². The van der Waals surface area contributed by atoms with Gasteiger partial charge in [0.1, 0.15) is 11.3 Å². The Morgan fingerprint density at radius 1 is 1.21 bits per heavy atom. The van der Waals surface area contributed by atoms with E-state index in [9.17, 15) is 5.11 Å². The molecule has 0 fully saturated rings. The molecule has 29 heavy (non-hydrogen) atoms. The molecule has 1 atom stereocenters. The second-order valence-electron chi connectivity index (χ2n) is 6.57. The number of furan rings is 1. The van der Waals surface area contributed by atoms with E-state index in [4.69, 9.17) is 9.15 Å². The van der Waals surface area contributed by atoms with E-state index in [0.29, 0.717) is 12.3 Å². The van der Waals surface area contributed by atoms with Gasteiger partial charge in [-0.1, -0.05) is 24.3 Å². The van der Waals surface area contributed by atoms with Gasteiger partial charge >= 0.3 is 0 Å². The largest absolute Gasteiger partial charge is 0.504 e. The van der Waals surface area contributed by atoms with Crippen molar-refractivity contribution >= 4 is 40.9 Å². The Bertz CT molecular complexity index is 922. The van der Waals surface area contributed by atoms with Gasteiger partial charge in [0.15, 0.2) is 17.5 Å². The molecule has 0 aliphatic carbocycles. The van der Waals surface area contributed by atoms with Crippen molar-refractivity contribution in [2.75, 3.05) is 20.2 Å². The van der Waals surface area contributed by atoms with Crippen LogP contribution in [0.5, 0.6) is 11.5 Å². The summed E-state index contributed by atoms with van der Waals surface area (Å²) in [7, 11) is 1.55. The zero-order valence-electron chi connectivity index (χ0n) is 16.9. The molecule has 2 aromatic carbocycles. The second kappa shape index (κ2) is 10.9. The highest BCUT2D eigenvalue weighted by atomic mass is 127. The minimum absolute atomic E-state index is 0. The predicted molar refractivity (Wildman–Crippen MR) is 128 cm³/mol. The average molecular weight is 509 g/mol. The third kappa shape index (κ3) is 6.03. The number of halogens is 1. The minimum Gasteiger partial charge on any atom is -0.504 e. The lowest BCUT2D eigenvalue weighted by atomic mass is 10.1. The van der Waals surface area contributed by atoms with E-state index in [1.165, 1.54) is 0 Å². The van der Waals surface area contributed by atoms with Crippen LogP contribution in [0.4, 0.5) is 0 Å². The first-order chi connectivity index (χ1) is 13.6. The average Bonchev–Trinajstić information content (AvgIpc) is 3.14. The van der Waals surface area contributed by atoms with E-state index < -0.39 is 0 Å². The third-order valence-electron chi connectivity index (χ3n) is 4.48. The van der Waals surface area contributed by atoms with Crippen LogP contribution >= 0.6 is 24.0 Å². The van der Waals surface area contributed by atoms with Gasteiger partial charge in [0, 0.05) is 18.5 Å². The van der Waals surface area contributed by atoms with Crippen LogP contribution in [-0.4, -0.2) is 31.3 Å². The molecule has 3 N–H and O–H groups in total. The van der Waals surface area contributed by atoms with E-state index in [1.807, 2.05) is 43.3 Å². The number of fused-ring (bicyclic) bond motifs is 1. The van der Waals surface area contributed by atoms with Crippen molar-refractivity contribution in [3.05, 3.63) is 59.9 Å². The van der Waals surface area contributed by atoms with Gasteiger partial charge in [-0.2, -0.15) is 0 Å². The summed E-state index contributed by atoms with van der Waals surface area (Å²) in [5, 5.41) is 17.4. The number of nitrogens with one attached hydrogen (secondary N) is 2. The van der Waals surface area contributed by atoms with Gasteiger partial charge < -0.3 is 24.9 Å². The molecule has 156 valence electrons. The highest BCUT2D eigenvalue weighted by Crippen LogP contribution is 2.26. The summed E-state index contributed by atoms with van der Waals surface area (Å²) in [5.41, 5.74) is 1.94. The zero-order chi connectivity index (χ0) is 19.9. The van der Waals surface area contributed by atoms with Crippen molar-refractivity contribution < 1.29 is 14.3 Å². The molecule has 0 amide bonds. The number of phenolic OH excluding ortho intramolecular Hbond substituents is 1. The molecule has 0 aliphatic rings. The summed E-state index contributed by atoms with van der Waals surface area (Å²) in [6, 6.07) is 15.4. The number of hydrogen-bond donors (Lipinski definition) is 3. The molecule has 0 bridgehead atoms. The number of hydrogen-bond acceptors (Lipinski definition) is 4. The van der Waals surface area contributed by atoms with Crippen LogP contribution < -0.4 is 15.4 Å². The molecule has 3 rings (SSSR count). The van der Waals surface area contributed by atoms with Crippen molar-refractivity contribution in [1.82, 2.24) is 10.6 Å². The number of aromatic hydroxyl groups is 1. The van der Waals surface area contributed by atoms with E-state index in [0.717, 1.165) is 41.2 Å². The molecule has 3 aromatic rings. The third-order valence-corrected chi connectivity index (χ3v) is 4.48. The fourth-order valence-electron chi connectivity index (χ4n) is 2.99. The monoisotopic (exact) mass is 509 g/mol. The Hall–Kier alpha value is -2.42. The van der Waals surface area contributed by atoms with Crippen LogP contribution in [0.15, 0.2) is 57.9 Å². The van der Waals surface area contributed by atoms with Crippen molar-refractivity contribution in [3.8, 4) is 11.5 Å². The summed E-state index contributed by atoms with van der Waals surface area (Å²) < 4.78 is 11.1. The molecular weight excluding hydrogens is 481 g/mol. The Labute approximate surface area is 188 Å². The van der Waals surface area contributed by atoms with Crippen LogP contribution in [0.2, 0.25) is 0 Å². The SMILES string of the molecule is CCNC(=NCCc1ccc(O)c(OC)c1)NC(C)c1cc2ccccc2o1.I. The van der Waals surface area contributed by atoms with Gasteiger partial charge in [0.25, 0.3) is 0 Å². The number of rotatable bonds is 7. The number of benzene rings is 2. The number of guanidine groups is 1. The summed E-state index contributed by atoms with van der Waals surface area (Å²) >= 11 is 0. The molecule has 0 saturated heterocycles. The number of aliphatic imine (C=N–C) groups is 1. The van der Waals surface area contributed by atoms with Gasteiger partial charge in [-0.3, -0.25) is 4.99 Å². The predicted octanol–water partition coefficient (Wildman–Crippen LogP) is 4.62. The van der Waals surface area contributed by atoms with Crippen LogP contribution in [-0.2, 0) is 6.42 Å². The Balaban J connectivity index is 0.00000300. The smallest absolute Gasteiger partial charge is 0.191 e. The highest BCUT2D eigenvalue weighted by molar-refractivity contribution is 14.0. The Morgan fingerprint density at radius 3 is 2.72 bits per heavy atom. The lowest BCUT2D eigenvalue weighted by Crippen LogP contribution is -2.38. The van der Waals surface area contributed by atoms with Gasteiger partial charge in [-0.05, 0) is 50.1 Å². The maximum absolute atomic E-state index is 9.70. The van der Waals surface area contributed by atoms with Gasteiger partial charge in [0.05, 0.1) is 13.2 Å². The van der Waals surface area contributed by atoms with Gasteiger partial charge in [-0.25, -0.2) is 0 Å². The maximum atomic E-state index is 9.70. The van der Waals surface area contributed by atoms with Crippen molar-refractivity contribution in [1.29, 1.82) is 0 Å². The fourth-order valence-corrected chi connectivity index (χ4v) is 2.99. The molecule has 1 aromatic heterocycles. The van der Waals surface area contributed by atoms with E-state index >= 15 is 0 Å².